The zero-order valence-corrected chi connectivity index (χ0v) is 14.7. The second kappa shape index (κ2) is 8.14. The van der Waals surface area contributed by atoms with Crippen LogP contribution in [0.2, 0.25) is 0 Å². The van der Waals surface area contributed by atoms with Crippen LogP contribution in [0.4, 0.5) is 0 Å². The second-order valence-corrected chi connectivity index (χ2v) is 8.26. The number of rotatable bonds is 6. The van der Waals surface area contributed by atoms with Crippen LogP contribution in [-0.2, 0) is 14.8 Å². The number of piperazine rings is 1. The highest BCUT2D eigenvalue weighted by Crippen LogP contribution is 2.17. The number of hydrogen-bond donors (Lipinski definition) is 1. The standard InChI is InChI=1S/C15H22N2O4S2/c1-22-12-7-14(18)15(19)16-8-10-17(11-9-16)23(20,21)13-5-3-2-4-6-13/h2-6,14,18H,7-12H2,1H3/t14-/m0/s1. The van der Waals surface area contributed by atoms with Gasteiger partial charge in [0.2, 0.25) is 10.0 Å². The minimum atomic E-state index is -3.52. The van der Waals surface area contributed by atoms with Gasteiger partial charge in [0.15, 0.2) is 0 Å². The van der Waals surface area contributed by atoms with Crippen molar-refractivity contribution >= 4 is 27.7 Å². The van der Waals surface area contributed by atoms with Gasteiger partial charge in [-0.3, -0.25) is 4.79 Å². The van der Waals surface area contributed by atoms with Crippen LogP contribution in [0, 0.1) is 0 Å². The number of nitrogens with zero attached hydrogens (tertiary/aromatic N) is 2. The van der Waals surface area contributed by atoms with E-state index < -0.39 is 16.1 Å². The van der Waals surface area contributed by atoms with Gasteiger partial charge in [-0.1, -0.05) is 18.2 Å². The van der Waals surface area contributed by atoms with Crippen LogP contribution < -0.4 is 0 Å². The summed E-state index contributed by atoms with van der Waals surface area (Å²) in [7, 11) is -3.52. The average Bonchev–Trinajstić information content (AvgIpc) is 2.59. The number of carbonyl (C=O) groups is 1. The van der Waals surface area contributed by atoms with Crippen molar-refractivity contribution < 1.29 is 18.3 Å². The zero-order valence-electron chi connectivity index (χ0n) is 13.1. The van der Waals surface area contributed by atoms with E-state index in [1.165, 1.54) is 4.31 Å². The lowest BCUT2D eigenvalue weighted by molar-refractivity contribution is -0.141. The molecule has 1 aromatic carbocycles. The molecule has 0 aromatic heterocycles. The molecule has 1 aliphatic rings. The van der Waals surface area contributed by atoms with E-state index in [1.807, 2.05) is 6.26 Å². The summed E-state index contributed by atoms with van der Waals surface area (Å²) in [5.41, 5.74) is 0. The van der Waals surface area contributed by atoms with E-state index >= 15 is 0 Å². The molecule has 1 saturated heterocycles. The van der Waals surface area contributed by atoms with Gasteiger partial charge in [0, 0.05) is 26.2 Å². The summed E-state index contributed by atoms with van der Waals surface area (Å²) in [5.74, 6) is 0.408. The van der Waals surface area contributed by atoms with Gasteiger partial charge < -0.3 is 10.0 Å². The number of aliphatic hydroxyl groups excluding tert-OH is 1. The third kappa shape index (κ3) is 4.47. The van der Waals surface area contributed by atoms with Crippen LogP contribution in [0.25, 0.3) is 0 Å². The Morgan fingerprint density at radius 2 is 1.83 bits per heavy atom. The number of benzene rings is 1. The number of sulfonamides is 1. The number of hydrogen-bond acceptors (Lipinski definition) is 5. The van der Waals surface area contributed by atoms with Gasteiger partial charge in [-0.25, -0.2) is 8.42 Å². The molecule has 2 rings (SSSR count). The van der Waals surface area contributed by atoms with E-state index in [9.17, 15) is 18.3 Å². The molecule has 6 nitrogen and oxygen atoms in total. The van der Waals surface area contributed by atoms with E-state index in [4.69, 9.17) is 0 Å². The highest BCUT2D eigenvalue weighted by atomic mass is 32.2. The van der Waals surface area contributed by atoms with Gasteiger partial charge >= 0.3 is 0 Å². The first-order valence-electron chi connectivity index (χ1n) is 7.48. The quantitative estimate of drug-likeness (QED) is 0.807. The van der Waals surface area contributed by atoms with Crippen LogP contribution in [0.5, 0.6) is 0 Å². The van der Waals surface area contributed by atoms with Gasteiger partial charge in [-0.2, -0.15) is 16.1 Å². The molecule has 8 heteroatoms. The van der Waals surface area contributed by atoms with Crippen molar-refractivity contribution in [2.24, 2.45) is 0 Å². The average molecular weight is 358 g/mol. The predicted molar refractivity (Wildman–Crippen MR) is 90.8 cm³/mol. The molecular formula is C15H22N2O4S2. The Kier molecular flexibility index (Phi) is 6.46. The molecule has 23 heavy (non-hydrogen) atoms. The van der Waals surface area contributed by atoms with Gasteiger partial charge in [-0.15, -0.1) is 0 Å². The molecule has 0 radical (unpaired) electrons. The first-order valence-corrected chi connectivity index (χ1v) is 10.3. The van der Waals surface area contributed by atoms with Gasteiger partial charge in [0.05, 0.1) is 4.90 Å². The van der Waals surface area contributed by atoms with Crippen molar-refractivity contribution in [3.05, 3.63) is 30.3 Å². The molecule has 1 N–H and O–H groups in total. The van der Waals surface area contributed by atoms with E-state index in [0.29, 0.717) is 19.5 Å². The SMILES string of the molecule is CSCC[C@H](O)C(=O)N1CCN(S(=O)(=O)c2ccccc2)CC1. The molecule has 1 atom stereocenters. The zero-order chi connectivity index (χ0) is 16.9. The molecule has 0 saturated carbocycles. The summed E-state index contributed by atoms with van der Waals surface area (Å²) in [5, 5.41) is 9.87. The third-order valence-electron chi connectivity index (χ3n) is 3.81. The molecule has 128 valence electrons. The summed E-state index contributed by atoms with van der Waals surface area (Å²) in [6.07, 6.45) is 1.34. The van der Waals surface area contributed by atoms with Crippen molar-refractivity contribution in [2.75, 3.05) is 38.2 Å². The molecule has 1 aromatic rings. The van der Waals surface area contributed by atoms with Crippen molar-refractivity contribution in [3.8, 4) is 0 Å². The molecule has 0 bridgehead atoms. The first kappa shape index (κ1) is 18.3. The molecule has 1 heterocycles. The molecule has 0 aliphatic carbocycles. The number of thioether (sulfide) groups is 1. The van der Waals surface area contributed by atoms with Crippen molar-refractivity contribution in [2.45, 2.75) is 17.4 Å². The molecule has 0 spiro atoms. The summed E-state index contributed by atoms with van der Waals surface area (Å²) in [6, 6.07) is 8.28. The monoisotopic (exact) mass is 358 g/mol. The van der Waals surface area contributed by atoms with Crippen molar-refractivity contribution in [1.82, 2.24) is 9.21 Å². The van der Waals surface area contributed by atoms with Crippen molar-refractivity contribution in [1.29, 1.82) is 0 Å². The van der Waals surface area contributed by atoms with Crippen LogP contribution in [0.15, 0.2) is 35.2 Å². The number of aliphatic hydroxyl groups is 1. The lowest BCUT2D eigenvalue weighted by atomic mass is 10.2. The highest BCUT2D eigenvalue weighted by molar-refractivity contribution is 7.98. The van der Waals surface area contributed by atoms with Crippen LogP contribution >= 0.6 is 11.8 Å². The summed E-state index contributed by atoms with van der Waals surface area (Å²) in [6.45, 7) is 1.11. The Morgan fingerprint density at radius 1 is 1.22 bits per heavy atom. The minimum absolute atomic E-state index is 0.248. The molecule has 0 unspecified atom stereocenters. The smallest absolute Gasteiger partial charge is 0.251 e. The maximum absolute atomic E-state index is 12.5. The Morgan fingerprint density at radius 3 is 2.39 bits per heavy atom. The van der Waals surface area contributed by atoms with E-state index in [0.717, 1.165) is 5.75 Å². The maximum atomic E-state index is 12.5. The predicted octanol–water partition coefficient (Wildman–Crippen LogP) is 0.633. The number of carbonyl (C=O) groups excluding carboxylic acids is 1. The largest absolute Gasteiger partial charge is 0.383 e. The maximum Gasteiger partial charge on any atom is 0.251 e. The molecule has 1 fully saturated rings. The fraction of sp³-hybridized carbons (Fsp3) is 0.533. The molecular weight excluding hydrogens is 336 g/mol. The Labute approximate surface area is 141 Å². The van der Waals surface area contributed by atoms with Crippen LogP contribution in [0.3, 0.4) is 0 Å². The fourth-order valence-corrected chi connectivity index (χ4v) is 4.36. The first-order chi connectivity index (χ1) is 11.0. The Balaban J connectivity index is 1.95. The van der Waals surface area contributed by atoms with Gasteiger partial charge in [0.25, 0.3) is 5.91 Å². The van der Waals surface area contributed by atoms with E-state index in [1.54, 1.807) is 47.0 Å². The fourth-order valence-electron chi connectivity index (χ4n) is 2.45. The second-order valence-electron chi connectivity index (χ2n) is 5.34. The van der Waals surface area contributed by atoms with Gasteiger partial charge in [-0.05, 0) is 30.6 Å². The van der Waals surface area contributed by atoms with Gasteiger partial charge in [0.1, 0.15) is 6.10 Å². The lowest BCUT2D eigenvalue weighted by Gasteiger charge is -2.35. The lowest BCUT2D eigenvalue weighted by Crippen LogP contribution is -2.52. The van der Waals surface area contributed by atoms with Crippen LogP contribution in [0.1, 0.15) is 6.42 Å². The van der Waals surface area contributed by atoms with E-state index in [2.05, 4.69) is 0 Å². The normalized spacial score (nSPS) is 17.9. The Bertz CT molecular complexity index is 614. The summed E-state index contributed by atoms with van der Waals surface area (Å²) in [4.78, 5) is 13.9. The van der Waals surface area contributed by atoms with Crippen molar-refractivity contribution in [3.63, 3.8) is 0 Å². The molecule has 1 aliphatic heterocycles. The van der Waals surface area contributed by atoms with E-state index in [-0.39, 0.29) is 23.9 Å². The number of amides is 1. The topological polar surface area (TPSA) is 77.9 Å². The third-order valence-corrected chi connectivity index (χ3v) is 6.37. The summed E-state index contributed by atoms with van der Waals surface area (Å²) >= 11 is 1.58. The summed E-state index contributed by atoms with van der Waals surface area (Å²) < 4.78 is 26.4. The minimum Gasteiger partial charge on any atom is -0.383 e. The Hall–Kier alpha value is -1.09. The molecule has 1 amide bonds. The highest BCUT2D eigenvalue weighted by Gasteiger charge is 2.31. The van der Waals surface area contributed by atoms with Crippen LogP contribution in [-0.4, -0.2) is 72.9 Å².